The smallest absolute Gasteiger partial charge is 0.245 e. The number of nitrogens with zero attached hydrogens (tertiary/aromatic N) is 1. The molecule has 0 saturated carbocycles. The summed E-state index contributed by atoms with van der Waals surface area (Å²) >= 11 is 5.87. The Balaban J connectivity index is 2.43. The van der Waals surface area contributed by atoms with Gasteiger partial charge in [-0.25, -0.2) is 8.42 Å². The molecule has 7 heteroatoms. The second kappa shape index (κ2) is 5.66. The van der Waals surface area contributed by atoms with Crippen molar-refractivity contribution in [3.05, 3.63) is 23.2 Å². The SMILES string of the molecule is CCC1COCCN1S(=O)(=O)c1cc(Cl)ccc1N. The molecule has 1 aliphatic heterocycles. The number of morpholine rings is 1. The van der Waals surface area contributed by atoms with Crippen LogP contribution >= 0.6 is 11.6 Å². The van der Waals surface area contributed by atoms with Crippen molar-refractivity contribution in [2.24, 2.45) is 0 Å². The van der Waals surface area contributed by atoms with Crippen molar-refractivity contribution in [1.82, 2.24) is 4.31 Å². The van der Waals surface area contributed by atoms with Crippen LogP contribution < -0.4 is 5.73 Å². The van der Waals surface area contributed by atoms with Gasteiger partial charge in [0.25, 0.3) is 0 Å². The third-order valence-electron chi connectivity index (χ3n) is 3.21. The van der Waals surface area contributed by atoms with Crippen LogP contribution in [0.2, 0.25) is 5.02 Å². The lowest BCUT2D eigenvalue weighted by Crippen LogP contribution is -2.48. The Kier molecular flexibility index (Phi) is 4.35. The van der Waals surface area contributed by atoms with E-state index in [1.54, 1.807) is 6.07 Å². The van der Waals surface area contributed by atoms with Gasteiger partial charge < -0.3 is 10.5 Å². The molecule has 0 bridgehead atoms. The number of sulfonamides is 1. The van der Waals surface area contributed by atoms with E-state index in [1.807, 2.05) is 6.92 Å². The molecule has 106 valence electrons. The Hall–Kier alpha value is -0.820. The second-order valence-electron chi connectivity index (χ2n) is 4.43. The van der Waals surface area contributed by atoms with Gasteiger partial charge in [-0.05, 0) is 24.6 Å². The highest BCUT2D eigenvalue weighted by Gasteiger charge is 2.34. The number of nitrogen functional groups attached to an aromatic ring is 1. The highest BCUT2D eigenvalue weighted by atomic mass is 35.5. The predicted molar refractivity (Wildman–Crippen MR) is 74.7 cm³/mol. The van der Waals surface area contributed by atoms with Crippen molar-refractivity contribution in [3.8, 4) is 0 Å². The summed E-state index contributed by atoms with van der Waals surface area (Å²) in [4.78, 5) is 0.0698. The Morgan fingerprint density at radius 2 is 2.26 bits per heavy atom. The third kappa shape index (κ3) is 2.86. The van der Waals surface area contributed by atoms with Crippen LogP contribution in [0, 0.1) is 0 Å². The van der Waals surface area contributed by atoms with Crippen LogP contribution in [0.1, 0.15) is 13.3 Å². The molecule has 1 saturated heterocycles. The number of halogens is 1. The van der Waals surface area contributed by atoms with Crippen molar-refractivity contribution >= 4 is 27.3 Å². The summed E-state index contributed by atoms with van der Waals surface area (Å²) in [6.45, 7) is 3.09. The van der Waals surface area contributed by atoms with Gasteiger partial charge in [-0.2, -0.15) is 4.31 Å². The number of nitrogens with two attached hydrogens (primary N) is 1. The summed E-state index contributed by atoms with van der Waals surface area (Å²) in [5.74, 6) is 0. The summed E-state index contributed by atoms with van der Waals surface area (Å²) in [5.41, 5.74) is 5.99. The Morgan fingerprint density at radius 3 is 2.95 bits per heavy atom. The number of ether oxygens (including phenoxy) is 1. The molecule has 0 aromatic heterocycles. The van der Waals surface area contributed by atoms with E-state index in [0.29, 0.717) is 31.2 Å². The van der Waals surface area contributed by atoms with Gasteiger partial charge in [0.15, 0.2) is 0 Å². The minimum Gasteiger partial charge on any atom is -0.398 e. The molecule has 1 aliphatic rings. The average Bonchev–Trinajstić information content (AvgIpc) is 2.41. The van der Waals surface area contributed by atoms with E-state index in [2.05, 4.69) is 0 Å². The standard InChI is InChI=1S/C12H17ClN2O3S/c1-2-10-8-18-6-5-15(10)19(16,17)12-7-9(13)3-4-11(12)14/h3-4,7,10H,2,5-6,8,14H2,1H3. The highest BCUT2D eigenvalue weighted by molar-refractivity contribution is 7.89. The lowest BCUT2D eigenvalue weighted by Gasteiger charge is -2.34. The van der Waals surface area contributed by atoms with E-state index in [1.165, 1.54) is 16.4 Å². The monoisotopic (exact) mass is 304 g/mol. The van der Waals surface area contributed by atoms with Gasteiger partial charge in [-0.3, -0.25) is 0 Å². The van der Waals surface area contributed by atoms with Gasteiger partial charge in [0.05, 0.1) is 18.9 Å². The van der Waals surface area contributed by atoms with E-state index in [0.717, 1.165) is 0 Å². The van der Waals surface area contributed by atoms with Gasteiger partial charge in [0.1, 0.15) is 4.90 Å². The summed E-state index contributed by atoms with van der Waals surface area (Å²) < 4.78 is 32.1. The lowest BCUT2D eigenvalue weighted by molar-refractivity contribution is 0.0314. The highest BCUT2D eigenvalue weighted by Crippen LogP contribution is 2.28. The molecule has 1 unspecified atom stereocenters. The van der Waals surface area contributed by atoms with E-state index >= 15 is 0 Å². The molecular formula is C12H17ClN2O3S. The number of hydrogen-bond acceptors (Lipinski definition) is 4. The first-order valence-corrected chi connectivity index (χ1v) is 7.93. The predicted octanol–water partition coefficient (Wildman–Crippen LogP) is 1.72. The van der Waals surface area contributed by atoms with Crippen molar-refractivity contribution in [2.45, 2.75) is 24.3 Å². The fraction of sp³-hybridized carbons (Fsp3) is 0.500. The molecule has 5 nitrogen and oxygen atoms in total. The van der Waals surface area contributed by atoms with Crippen molar-refractivity contribution in [1.29, 1.82) is 0 Å². The van der Waals surface area contributed by atoms with Crippen molar-refractivity contribution in [2.75, 3.05) is 25.5 Å². The number of hydrogen-bond donors (Lipinski definition) is 1. The molecule has 1 aromatic rings. The Morgan fingerprint density at radius 1 is 1.53 bits per heavy atom. The molecule has 1 aromatic carbocycles. The Labute approximate surface area is 118 Å². The van der Waals surface area contributed by atoms with Crippen molar-refractivity contribution < 1.29 is 13.2 Å². The second-order valence-corrected chi connectivity index (χ2v) is 6.73. The van der Waals surface area contributed by atoms with Crippen LogP contribution in [0.5, 0.6) is 0 Å². The number of anilines is 1. The van der Waals surface area contributed by atoms with Gasteiger partial charge in [-0.15, -0.1) is 0 Å². The van der Waals surface area contributed by atoms with Crippen LogP contribution in [0.3, 0.4) is 0 Å². The van der Waals surface area contributed by atoms with Gasteiger partial charge in [-0.1, -0.05) is 18.5 Å². The zero-order valence-corrected chi connectivity index (χ0v) is 12.2. The maximum atomic E-state index is 12.7. The first-order valence-electron chi connectivity index (χ1n) is 6.11. The normalized spacial score (nSPS) is 21.5. The maximum absolute atomic E-state index is 12.7. The van der Waals surface area contributed by atoms with Crippen LogP contribution in [0.4, 0.5) is 5.69 Å². The Bertz CT molecular complexity index is 562. The summed E-state index contributed by atoms with van der Waals surface area (Å²) in [6.07, 6.45) is 0.694. The third-order valence-corrected chi connectivity index (χ3v) is 5.45. The zero-order valence-electron chi connectivity index (χ0n) is 10.7. The minimum absolute atomic E-state index is 0.0698. The van der Waals surface area contributed by atoms with Gasteiger partial charge >= 0.3 is 0 Å². The molecule has 2 N–H and O–H groups in total. The lowest BCUT2D eigenvalue weighted by atomic mass is 10.2. The molecule has 1 atom stereocenters. The van der Waals surface area contributed by atoms with Crippen LogP contribution in [-0.2, 0) is 14.8 Å². The molecule has 1 heterocycles. The molecule has 0 spiro atoms. The number of benzene rings is 1. The first kappa shape index (κ1) is 14.6. The van der Waals surface area contributed by atoms with Crippen molar-refractivity contribution in [3.63, 3.8) is 0 Å². The van der Waals surface area contributed by atoms with Gasteiger partial charge in [0.2, 0.25) is 10.0 Å². The summed E-state index contributed by atoms with van der Waals surface area (Å²) in [6, 6.07) is 4.33. The topological polar surface area (TPSA) is 72.6 Å². The molecule has 2 rings (SSSR count). The molecule has 1 fully saturated rings. The zero-order chi connectivity index (χ0) is 14.0. The largest absolute Gasteiger partial charge is 0.398 e. The van der Waals surface area contributed by atoms with E-state index < -0.39 is 10.0 Å². The summed E-state index contributed by atoms with van der Waals surface area (Å²) in [5, 5.41) is 0.356. The quantitative estimate of drug-likeness (QED) is 0.863. The van der Waals surface area contributed by atoms with E-state index in [-0.39, 0.29) is 16.6 Å². The van der Waals surface area contributed by atoms with Gasteiger partial charge in [0, 0.05) is 17.6 Å². The fourth-order valence-corrected chi connectivity index (χ4v) is 4.18. The molecule has 19 heavy (non-hydrogen) atoms. The average molecular weight is 305 g/mol. The molecular weight excluding hydrogens is 288 g/mol. The molecule has 0 aliphatic carbocycles. The van der Waals surface area contributed by atoms with E-state index in [9.17, 15) is 8.42 Å². The first-order chi connectivity index (χ1) is 8.96. The summed E-state index contributed by atoms with van der Waals surface area (Å²) in [7, 11) is -3.63. The van der Waals surface area contributed by atoms with Crippen LogP contribution in [-0.4, -0.2) is 38.5 Å². The molecule has 0 amide bonds. The number of rotatable bonds is 3. The molecule has 0 radical (unpaired) electrons. The maximum Gasteiger partial charge on any atom is 0.245 e. The van der Waals surface area contributed by atoms with Crippen LogP contribution in [0.25, 0.3) is 0 Å². The fourth-order valence-electron chi connectivity index (χ4n) is 2.14. The van der Waals surface area contributed by atoms with Crippen LogP contribution in [0.15, 0.2) is 23.1 Å². The minimum atomic E-state index is -3.63. The van der Waals surface area contributed by atoms with E-state index in [4.69, 9.17) is 22.1 Å².